The number of halogens is 2. The predicted molar refractivity (Wildman–Crippen MR) is 113 cm³/mol. The third kappa shape index (κ3) is 4.21. The first-order chi connectivity index (χ1) is 14.8. The van der Waals surface area contributed by atoms with Crippen molar-refractivity contribution in [3.63, 3.8) is 0 Å². The second-order valence-electron chi connectivity index (χ2n) is 7.70. The van der Waals surface area contributed by atoms with Crippen LogP contribution < -0.4 is 5.32 Å². The average molecular weight is 427 g/mol. The Hall–Kier alpha value is -3.49. The van der Waals surface area contributed by atoms with E-state index in [1.807, 2.05) is 22.6 Å². The van der Waals surface area contributed by atoms with Gasteiger partial charge in [0.2, 0.25) is 0 Å². The Bertz CT molecular complexity index is 1150. The van der Waals surface area contributed by atoms with E-state index in [9.17, 15) is 18.4 Å². The molecule has 0 aliphatic carbocycles. The molecule has 3 aromatic rings. The van der Waals surface area contributed by atoms with E-state index >= 15 is 0 Å². The minimum atomic E-state index is -0.848. The van der Waals surface area contributed by atoms with Gasteiger partial charge in [-0.05, 0) is 43.2 Å². The number of aromatic nitrogens is 2. The van der Waals surface area contributed by atoms with Gasteiger partial charge in [0, 0.05) is 38.8 Å². The largest absolute Gasteiger partial charge is 0.339 e. The van der Waals surface area contributed by atoms with Crippen molar-refractivity contribution in [3.05, 3.63) is 59.4 Å². The fraction of sp³-hybridized carbons (Fsp3) is 0.318. The smallest absolute Gasteiger partial charge is 0.322 e. The summed E-state index contributed by atoms with van der Waals surface area (Å²) in [6.45, 7) is 1.72. The van der Waals surface area contributed by atoms with Crippen molar-refractivity contribution in [2.24, 2.45) is 7.05 Å². The summed E-state index contributed by atoms with van der Waals surface area (Å²) >= 11 is 0. The highest BCUT2D eigenvalue weighted by molar-refractivity contribution is 5.97. The molecule has 162 valence electrons. The number of anilines is 1. The van der Waals surface area contributed by atoms with Crippen LogP contribution in [0.1, 0.15) is 29.0 Å². The van der Waals surface area contributed by atoms with Crippen molar-refractivity contribution in [1.82, 2.24) is 19.4 Å². The maximum absolute atomic E-state index is 13.8. The third-order valence-electron chi connectivity index (χ3n) is 5.51. The molecule has 3 amide bonds. The molecule has 2 heterocycles. The van der Waals surface area contributed by atoms with E-state index in [-0.39, 0.29) is 18.1 Å². The van der Waals surface area contributed by atoms with Gasteiger partial charge < -0.3 is 19.7 Å². The Morgan fingerprint density at radius 2 is 1.87 bits per heavy atom. The molecule has 1 aliphatic rings. The molecule has 0 bridgehead atoms. The maximum Gasteiger partial charge on any atom is 0.322 e. The summed E-state index contributed by atoms with van der Waals surface area (Å²) in [4.78, 5) is 32.9. The molecule has 0 saturated carbocycles. The Morgan fingerprint density at radius 3 is 2.58 bits per heavy atom. The van der Waals surface area contributed by atoms with E-state index in [1.54, 1.807) is 19.2 Å². The van der Waals surface area contributed by atoms with Gasteiger partial charge in [-0.25, -0.2) is 18.6 Å². The van der Waals surface area contributed by atoms with E-state index in [0.29, 0.717) is 23.0 Å². The van der Waals surface area contributed by atoms with Crippen LogP contribution in [0.5, 0.6) is 0 Å². The number of nitrogens with zero attached hydrogens (tertiary/aromatic N) is 4. The number of likely N-dealkylation sites (tertiary alicyclic amines) is 1. The number of fused-ring (bicyclic) bond motifs is 1. The van der Waals surface area contributed by atoms with Gasteiger partial charge in [0.15, 0.2) is 0 Å². The number of rotatable bonds is 4. The molecule has 1 fully saturated rings. The summed E-state index contributed by atoms with van der Waals surface area (Å²) in [5.41, 5.74) is 2.00. The highest BCUT2D eigenvalue weighted by Crippen LogP contribution is 2.21. The number of urea groups is 1. The minimum Gasteiger partial charge on any atom is -0.339 e. The van der Waals surface area contributed by atoms with Gasteiger partial charge in [0.05, 0.1) is 23.3 Å². The number of nitrogens with one attached hydrogen (secondary N) is 1. The molecule has 7 nitrogen and oxygen atoms in total. The van der Waals surface area contributed by atoms with Gasteiger partial charge in [-0.1, -0.05) is 0 Å². The van der Waals surface area contributed by atoms with Crippen LogP contribution in [0, 0.1) is 11.6 Å². The van der Waals surface area contributed by atoms with Crippen LogP contribution in [-0.4, -0.2) is 51.4 Å². The molecule has 1 N–H and O–H groups in total. The summed E-state index contributed by atoms with van der Waals surface area (Å²) in [6, 6.07) is 7.82. The van der Waals surface area contributed by atoms with Crippen molar-refractivity contribution in [1.29, 1.82) is 0 Å². The van der Waals surface area contributed by atoms with Crippen LogP contribution in [0.15, 0.2) is 36.4 Å². The van der Waals surface area contributed by atoms with Gasteiger partial charge in [-0.15, -0.1) is 0 Å². The molecule has 1 saturated heterocycles. The molecular weight excluding hydrogens is 404 g/mol. The maximum atomic E-state index is 13.8. The molecule has 2 aromatic carbocycles. The zero-order valence-corrected chi connectivity index (χ0v) is 17.4. The standard InChI is InChI=1S/C22H23F2N5O2/c1-27(22(31)26-17-7-6-15(23)12-16(17)24)13-20-25-18-11-14(5-8-19(18)28(20)2)21(30)29-9-3-4-10-29/h5-8,11-12H,3-4,9-10,13H2,1-2H3,(H,26,31). The fourth-order valence-corrected chi connectivity index (χ4v) is 3.71. The van der Waals surface area contributed by atoms with E-state index in [1.165, 1.54) is 11.0 Å². The van der Waals surface area contributed by atoms with Crippen molar-refractivity contribution in [2.75, 3.05) is 25.5 Å². The van der Waals surface area contributed by atoms with Gasteiger partial charge >= 0.3 is 6.03 Å². The van der Waals surface area contributed by atoms with Gasteiger partial charge in [0.1, 0.15) is 17.5 Å². The molecule has 0 radical (unpaired) electrons. The molecule has 1 aromatic heterocycles. The Labute approximate surface area is 178 Å². The molecule has 4 rings (SSSR count). The van der Waals surface area contributed by atoms with Crippen LogP contribution >= 0.6 is 0 Å². The fourth-order valence-electron chi connectivity index (χ4n) is 3.71. The van der Waals surface area contributed by atoms with Gasteiger partial charge in [-0.2, -0.15) is 0 Å². The molecule has 9 heteroatoms. The van der Waals surface area contributed by atoms with Gasteiger partial charge in [-0.3, -0.25) is 4.79 Å². The van der Waals surface area contributed by atoms with Gasteiger partial charge in [0.25, 0.3) is 5.91 Å². The van der Waals surface area contributed by atoms with Crippen LogP contribution in [0.25, 0.3) is 11.0 Å². The van der Waals surface area contributed by atoms with Crippen LogP contribution in [0.2, 0.25) is 0 Å². The topological polar surface area (TPSA) is 70.5 Å². The highest BCUT2D eigenvalue weighted by atomic mass is 19.1. The molecule has 0 unspecified atom stereocenters. The number of carbonyl (C=O) groups excluding carboxylic acids is 2. The van der Waals surface area contributed by atoms with E-state index in [2.05, 4.69) is 10.3 Å². The van der Waals surface area contributed by atoms with E-state index in [4.69, 9.17) is 0 Å². The zero-order chi connectivity index (χ0) is 22.1. The Morgan fingerprint density at radius 1 is 1.13 bits per heavy atom. The lowest BCUT2D eigenvalue weighted by Crippen LogP contribution is -2.32. The quantitative estimate of drug-likeness (QED) is 0.689. The van der Waals surface area contributed by atoms with Crippen molar-refractivity contribution in [3.8, 4) is 0 Å². The number of benzene rings is 2. The number of hydrogen-bond donors (Lipinski definition) is 1. The van der Waals surface area contributed by atoms with E-state index in [0.717, 1.165) is 37.5 Å². The summed E-state index contributed by atoms with van der Waals surface area (Å²) < 4.78 is 28.7. The zero-order valence-electron chi connectivity index (χ0n) is 17.4. The average Bonchev–Trinajstić information content (AvgIpc) is 3.38. The second-order valence-corrected chi connectivity index (χ2v) is 7.70. The first kappa shape index (κ1) is 20.8. The SMILES string of the molecule is CN(Cc1nc2cc(C(=O)N3CCCC3)ccc2n1C)C(=O)Nc1ccc(F)cc1F. The van der Waals surface area contributed by atoms with Crippen LogP contribution in [0.3, 0.4) is 0 Å². The summed E-state index contributed by atoms with van der Waals surface area (Å²) in [5.74, 6) is -0.951. The molecule has 1 aliphatic heterocycles. The third-order valence-corrected chi connectivity index (χ3v) is 5.51. The molecular formula is C22H23F2N5O2. The number of imidazole rings is 1. The number of amides is 3. The van der Waals surface area contributed by atoms with Crippen LogP contribution in [0.4, 0.5) is 19.3 Å². The monoisotopic (exact) mass is 427 g/mol. The lowest BCUT2D eigenvalue weighted by Gasteiger charge is -2.18. The van der Waals surface area contributed by atoms with Crippen molar-refractivity contribution in [2.45, 2.75) is 19.4 Å². The lowest BCUT2D eigenvalue weighted by molar-refractivity contribution is 0.0793. The van der Waals surface area contributed by atoms with Crippen LogP contribution in [-0.2, 0) is 13.6 Å². The predicted octanol–water partition coefficient (Wildman–Crippen LogP) is 3.75. The Kier molecular flexibility index (Phi) is 5.58. The summed E-state index contributed by atoms with van der Waals surface area (Å²) in [5, 5.41) is 2.42. The minimum absolute atomic E-state index is 0.00410. The van der Waals surface area contributed by atoms with Crippen molar-refractivity contribution >= 4 is 28.7 Å². The first-order valence-electron chi connectivity index (χ1n) is 10.1. The normalized spacial score (nSPS) is 13.6. The number of carbonyl (C=O) groups is 2. The number of hydrogen-bond acceptors (Lipinski definition) is 3. The highest BCUT2D eigenvalue weighted by Gasteiger charge is 2.21. The Balaban J connectivity index is 1.50. The molecule has 0 spiro atoms. The first-order valence-corrected chi connectivity index (χ1v) is 10.1. The summed E-state index contributed by atoms with van der Waals surface area (Å²) in [7, 11) is 3.39. The van der Waals surface area contributed by atoms with E-state index < -0.39 is 17.7 Å². The molecule has 31 heavy (non-hydrogen) atoms. The van der Waals surface area contributed by atoms with Crippen molar-refractivity contribution < 1.29 is 18.4 Å². The molecule has 0 atom stereocenters. The lowest BCUT2D eigenvalue weighted by atomic mass is 10.2. The second kappa shape index (κ2) is 8.33. The number of aryl methyl sites for hydroxylation is 1. The summed E-state index contributed by atoms with van der Waals surface area (Å²) in [6.07, 6.45) is 2.05.